The predicted octanol–water partition coefficient (Wildman–Crippen LogP) is -2.63. The Morgan fingerprint density at radius 2 is 1.95 bits per heavy atom. The molecule has 0 heterocycles. The third-order valence-corrected chi connectivity index (χ3v) is 2.24. The molecule has 0 atom stereocenters. The zero-order valence-corrected chi connectivity index (χ0v) is 13.2. The van der Waals surface area contributed by atoms with Crippen molar-refractivity contribution >= 4 is 36.1 Å². The van der Waals surface area contributed by atoms with Crippen LogP contribution in [0.4, 0.5) is 5.69 Å². The second-order valence-electron chi connectivity index (χ2n) is 3.36. The van der Waals surface area contributed by atoms with Crippen LogP contribution in [0.3, 0.4) is 0 Å². The number of carboxylic acid groups (broad SMARTS) is 1. The first kappa shape index (κ1) is 18.0. The Kier molecular flexibility index (Phi) is 8.49. The van der Waals surface area contributed by atoms with Crippen LogP contribution in [0.15, 0.2) is 24.3 Å². The van der Waals surface area contributed by atoms with Crippen LogP contribution in [0, 0.1) is 0 Å². The molecule has 1 aromatic carbocycles. The van der Waals surface area contributed by atoms with Crippen molar-refractivity contribution < 1.29 is 49.0 Å². The molecule has 0 saturated carbocycles. The van der Waals surface area contributed by atoms with Gasteiger partial charge in [0.05, 0.1) is 5.75 Å². The summed E-state index contributed by atoms with van der Waals surface area (Å²) in [6, 6.07) is 6.19. The molecular weight excluding hydrogens is 279 g/mol. The van der Waals surface area contributed by atoms with Gasteiger partial charge in [0.15, 0.2) is 0 Å². The smallest absolute Gasteiger partial charge is 0.480 e. The van der Waals surface area contributed by atoms with Crippen molar-refractivity contribution in [2.75, 3.05) is 17.6 Å². The van der Waals surface area contributed by atoms with Gasteiger partial charge in [-0.1, -0.05) is 6.07 Å². The standard InChI is InChI=1S/C11H12N2O4S.Na/c14-9(6-18)13-8-3-1-2-7(4-8)11(17)12-5-10(15)16;/h1-4,18H,5-6H2,(H,12,17)(H,13,14)(H,15,16);/q;+1. The molecule has 0 aromatic heterocycles. The molecule has 0 radical (unpaired) electrons. The molecule has 0 bridgehead atoms. The molecule has 96 valence electrons. The van der Waals surface area contributed by atoms with E-state index in [-0.39, 0.29) is 46.8 Å². The first-order chi connectivity index (χ1) is 8.52. The molecule has 0 spiro atoms. The van der Waals surface area contributed by atoms with Crippen LogP contribution in [-0.2, 0) is 9.59 Å². The number of anilines is 1. The fourth-order valence-electron chi connectivity index (χ4n) is 1.20. The Bertz CT molecular complexity index is 482. The number of nitrogens with one attached hydrogen (secondary N) is 2. The number of hydrogen-bond acceptors (Lipinski definition) is 4. The van der Waals surface area contributed by atoms with Crippen molar-refractivity contribution in [3.63, 3.8) is 0 Å². The number of benzene rings is 1. The number of carbonyl (C=O) groups excluding carboxylic acids is 2. The molecule has 0 fully saturated rings. The van der Waals surface area contributed by atoms with Crippen molar-refractivity contribution in [3.8, 4) is 0 Å². The van der Waals surface area contributed by atoms with Gasteiger partial charge in [0.2, 0.25) is 5.91 Å². The Hall–Kier alpha value is -1.02. The molecule has 0 saturated heterocycles. The normalized spacial score (nSPS) is 9.11. The van der Waals surface area contributed by atoms with Crippen molar-refractivity contribution in [1.29, 1.82) is 0 Å². The van der Waals surface area contributed by atoms with Crippen molar-refractivity contribution in [2.24, 2.45) is 0 Å². The van der Waals surface area contributed by atoms with Gasteiger partial charge >= 0.3 is 35.5 Å². The van der Waals surface area contributed by atoms with Crippen LogP contribution in [0.5, 0.6) is 0 Å². The van der Waals surface area contributed by atoms with Crippen molar-refractivity contribution in [2.45, 2.75) is 0 Å². The quantitative estimate of drug-likeness (QED) is 0.353. The Labute approximate surface area is 137 Å². The van der Waals surface area contributed by atoms with Gasteiger partial charge in [-0.3, -0.25) is 14.4 Å². The Morgan fingerprint density at radius 3 is 2.53 bits per heavy atom. The minimum Gasteiger partial charge on any atom is -0.480 e. The minimum absolute atomic E-state index is 0. The molecule has 1 aromatic rings. The molecule has 0 aliphatic heterocycles. The summed E-state index contributed by atoms with van der Waals surface area (Å²) in [5.74, 6) is -1.89. The van der Waals surface area contributed by atoms with E-state index >= 15 is 0 Å². The fraction of sp³-hybridized carbons (Fsp3) is 0.182. The average molecular weight is 291 g/mol. The van der Waals surface area contributed by atoms with E-state index in [0.29, 0.717) is 5.69 Å². The van der Waals surface area contributed by atoms with Crippen LogP contribution in [-0.4, -0.2) is 35.2 Å². The molecule has 0 unspecified atom stereocenters. The molecule has 0 aliphatic carbocycles. The van der Waals surface area contributed by atoms with E-state index in [1.165, 1.54) is 12.1 Å². The topological polar surface area (TPSA) is 95.5 Å². The molecule has 3 N–H and O–H groups in total. The summed E-state index contributed by atoms with van der Waals surface area (Å²) in [5.41, 5.74) is 0.727. The van der Waals surface area contributed by atoms with Gasteiger partial charge in [0.1, 0.15) is 6.54 Å². The first-order valence-corrected chi connectivity index (χ1v) is 5.67. The minimum atomic E-state index is -1.12. The van der Waals surface area contributed by atoms with Crippen molar-refractivity contribution in [3.05, 3.63) is 29.8 Å². The largest absolute Gasteiger partial charge is 1.00 e. The summed E-state index contributed by atoms with van der Waals surface area (Å²) in [6.07, 6.45) is 0. The summed E-state index contributed by atoms with van der Waals surface area (Å²) >= 11 is 3.81. The number of rotatable bonds is 5. The van der Waals surface area contributed by atoms with Crippen LogP contribution in [0.25, 0.3) is 0 Å². The number of carbonyl (C=O) groups is 3. The summed E-state index contributed by atoms with van der Waals surface area (Å²) in [5, 5.41) is 13.2. The third-order valence-electron chi connectivity index (χ3n) is 1.95. The SMILES string of the molecule is O=C(O)CNC(=O)c1cccc(NC(=O)CS)c1.[Na+]. The average Bonchev–Trinajstić information content (AvgIpc) is 2.36. The molecule has 2 amide bonds. The molecule has 19 heavy (non-hydrogen) atoms. The first-order valence-electron chi connectivity index (χ1n) is 5.03. The maximum Gasteiger partial charge on any atom is 1.00 e. The Morgan fingerprint density at radius 1 is 1.26 bits per heavy atom. The zero-order valence-electron chi connectivity index (χ0n) is 10.3. The van der Waals surface area contributed by atoms with Gasteiger partial charge in [-0.2, -0.15) is 12.6 Å². The van der Waals surface area contributed by atoms with Crippen LogP contribution in [0.1, 0.15) is 10.4 Å². The van der Waals surface area contributed by atoms with E-state index in [1.807, 2.05) is 0 Å². The van der Waals surface area contributed by atoms with Gasteiger partial charge in [-0.05, 0) is 18.2 Å². The number of thiol groups is 1. The molecule has 6 nitrogen and oxygen atoms in total. The maximum atomic E-state index is 11.6. The van der Waals surface area contributed by atoms with Crippen LogP contribution >= 0.6 is 12.6 Å². The second kappa shape index (κ2) is 8.98. The third kappa shape index (κ3) is 6.63. The number of aliphatic carboxylic acids is 1. The van der Waals surface area contributed by atoms with Crippen molar-refractivity contribution in [1.82, 2.24) is 5.32 Å². The summed E-state index contributed by atoms with van der Waals surface area (Å²) < 4.78 is 0. The predicted molar refractivity (Wildman–Crippen MR) is 68.9 cm³/mol. The maximum absolute atomic E-state index is 11.6. The molecule has 1 rings (SSSR count). The molecule has 8 heteroatoms. The molecular formula is C11H12N2NaO4S+. The van der Waals surface area contributed by atoms with Gasteiger partial charge < -0.3 is 15.7 Å². The zero-order chi connectivity index (χ0) is 13.5. The Balaban J connectivity index is 0.00000324. The second-order valence-corrected chi connectivity index (χ2v) is 3.68. The van der Waals surface area contributed by atoms with E-state index in [1.54, 1.807) is 12.1 Å². The fourth-order valence-corrected chi connectivity index (χ4v) is 1.28. The van der Waals surface area contributed by atoms with Crippen LogP contribution in [0.2, 0.25) is 0 Å². The summed E-state index contributed by atoms with van der Waals surface area (Å²) in [6.45, 7) is -0.452. The van der Waals surface area contributed by atoms with Gasteiger partial charge in [0.25, 0.3) is 5.91 Å². The molecule has 0 aliphatic rings. The number of amides is 2. The van der Waals surface area contributed by atoms with E-state index in [9.17, 15) is 14.4 Å². The van der Waals surface area contributed by atoms with Gasteiger partial charge in [0, 0.05) is 11.3 Å². The van der Waals surface area contributed by atoms with Gasteiger partial charge in [-0.25, -0.2) is 0 Å². The summed E-state index contributed by atoms with van der Waals surface area (Å²) in [4.78, 5) is 33.0. The summed E-state index contributed by atoms with van der Waals surface area (Å²) in [7, 11) is 0. The number of hydrogen-bond donors (Lipinski definition) is 4. The van der Waals surface area contributed by atoms with Crippen LogP contribution < -0.4 is 40.2 Å². The van der Waals surface area contributed by atoms with E-state index in [2.05, 4.69) is 23.3 Å². The number of carboxylic acids is 1. The van der Waals surface area contributed by atoms with E-state index in [0.717, 1.165) is 0 Å². The van der Waals surface area contributed by atoms with Gasteiger partial charge in [-0.15, -0.1) is 0 Å². The van der Waals surface area contributed by atoms with E-state index in [4.69, 9.17) is 5.11 Å². The van der Waals surface area contributed by atoms with E-state index < -0.39 is 18.4 Å². The monoisotopic (exact) mass is 291 g/mol.